The summed E-state index contributed by atoms with van der Waals surface area (Å²) in [5, 5.41) is 5.92. The van der Waals surface area contributed by atoms with Gasteiger partial charge in [0.2, 0.25) is 0 Å². The molecule has 0 radical (unpaired) electrons. The molecule has 0 bridgehead atoms. The highest BCUT2D eigenvalue weighted by molar-refractivity contribution is 5.74. The highest BCUT2D eigenvalue weighted by atomic mass is 16.6. The Labute approximate surface area is 149 Å². The lowest BCUT2D eigenvalue weighted by atomic mass is 9.98. The van der Waals surface area contributed by atoms with E-state index < -0.39 is 0 Å². The highest BCUT2D eigenvalue weighted by Gasteiger charge is 2.24. The molecule has 1 heterocycles. The lowest BCUT2D eigenvalue weighted by molar-refractivity contribution is 0.0957. The van der Waals surface area contributed by atoms with Gasteiger partial charge in [-0.3, -0.25) is 0 Å². The Morgan fingerprint density at radius 2 is 1.92 bits per heavy atom. The second-order valence-corrected chi connectivity index (χ2v) is 6.46. The molecule has 1 aromatic carbocycles. The van der Waals surface area contributed by atoms with Crippen molar-refractivity contribution >= 4 is 12.1 Å². The maximum Gasteiger partial charge on any atom is 0.409 e. The number of carbonyl (C=O) groups is 2. The van der Waals surface area contributed by atoms with Gasteiger partial charge >= 0.3 is 12.1 Å². The van der Waals surface area contributed by atoms with Gasteiger partial charge in [0, 0.05) is 25.7 Å². The Kier molecular flexibility index (Phi) is 7.57. The number of hydrogen-bond acceptors (Lipinski definition) is 3. The second kappa shape index (κ2) is 9.91. The number of urea groups is 1. The van der Waals surface area contributed by atoms with E-state index in [1.54, 1.807) is 11.8 Å². The molecule has 1 saturated heterocycles. The molecule has 2 N–H and O–H groups in total. The van der Waals surface area contributed by atoms with Crippen LogP contribution in [0.15, 0.2) is 30.3 Å². The maximum absolute atomic E-state index is 12.0. The average molecular weight is 347 g/mol. The van der Waals surface area contributed by atoms with Gasteiger partial charge < -0.3 is 20.3 Å². The standard InChI is InChI=1S/C19H29N3O3/c1-3-25-19(24)22-13-10-17(11-14-22)21-18(23)20-12-9-15(2)16-7-5-4-6-8-16/h4-8,15,17H,3,9-14H2,1-2H3,(H2,20,21,23). The number of likely N-dealkylation sites (tertiary alicyclic amines) is 1. The number of amides is 3. The average Bonchev–Trinajstić information content (AvgIpc) is 2.63. The summed E-state index contributed by atoms with van der Waals surface area (Å²) in [6.07, 6.45) is 2.15. The monoisotopic (exact) mass is 347 g/mol. The predicted molar refractivity (Wildman–Crippen MR) is 97.6 cm³/mol. The molecular formula is C19H29N3O3. The third-order valence-corrected chi connectivity index (χ3v) is 4.59. The Balaban J connectivity index is 1.62. The van der Waals surface area contributed by atoms with Gasteiger partial charge in [0.05, 0.1) is 6.61 Å². The molecule has 0 spiro atoms. The number of hydrogen-bond donors (Lipinski definition) is 2. The number of benzene rings is 1. The van der Waals surface area contributed by atoms with Gasteiger partial charge in [0.15, 0.2) is 0 Å². The minimum atomic E-state index is -0.264. The SMILES string of the molecule is CCOC(=O)N1CCC(NC(=O)NCCC(C)c2ccccc2)CC1. The van der Waals surface area contributed by atoms with Crippen LogP contribution in [0.1, 0.15) is 44.6 Å². The van der Waals surface area contributed by atoms with E-state index in [0.29, 0.717) is 32.2 Å². The molecule has 1 aromatic rings. The zero-order valence-electron chi connectivity index (χ0n) is 15.2. The fourth-order valence-electron chi connectivity index (χ4n) is 3.01. The van der Waals surface area contributed by atoms with Crippen molar-refractivity contribution < 1.29 is 14.3 Å². The molecular weight excluding hydrogens is 318 g/mol. The van der Waals surface area contributed by atoms with Gasteiger partial charge in [-0.05, 0) is 37.7 Å². The van der Waals surface area contributed by atoms with E-state index in [4.69, 9.17) is 4.74 Å². The van der Waals surface area contributed by atoms with E-state index in [9.17, 15) is 9.59 Å². The number of piperidine rings is 1. The van der Waals surface area contributed by atoms with Crippen molar-refractivity contribution in [1.29, 1.82) is 0 Å². The molecule has 1 atom stereocenters. The fourth-order valence-corrected chi connectivity index (χ4v) is 3.01. The first-order chi connectivity index (χ1) is 12.1. The smallest absolute Gasteiger partial charge is 0.409 e. The third kappa shape index (κ3) is 6.29. The summed E-state index contributed by atoms with van der Waals surface area (Å²) in [5.41, 5.74) is 1.29. The maximum atomic E-state index is 12.0. The van der Waals surface area contributed by atoms with Crippen molar-refractivity contribution in [2.45, 2.75) is 45.1 Å². The number of rotatable bonds is 6. The van der Waals surface area contributed by atoms with Gasteiger partial charge in [0.1, 0.15) is 0 Å². The molecule has 0 aromatic heterocycles. The van der Waals surface area contributed by atoms with Gasteiger partial charge in [-0.15, -0.1) is 0 Å². The molecule has 1 fully saturated rings. The minimum Gasteiger partial charge on any atom is -0.450 e. The summed E-state index contributed by atoms with van der Waals surface area (Å²) in [5.74, 6) is 0.411. The van der Waals surface area contributed by atoms with E-state index in [1.807, 2.05) is 18.2 Å². The lowest BCUT2D eigenvalue weighted by Crippen LogP contribution is -2.49. The summed E-state index contributed by atoms with van der Waals surface area (Å²) in [6, 6.07) is 10.3. The van der Waals surface area contributed by atoms with Gasteiger partial charge in [-0.1, -0.05) is 37.3 Å². The molecule has 1 aliphatic rings. The van der Waals surface area contributed by atoms with Crippen molar-refractivity contribution in [2.75, 3.05) is 26.2 Å². The third-order valence-electron chi connectivity index (χ3n) is 4.59. The van der Waals surface area contributed by atoms with Crippen LogP contribution in [0.25, 0.3) is 0 Å². The highest BCUT2D eigenvalue weighted by Crippen LogP contribution is 2.17. The van der Waals surface area contributed by atoms with Crippen molar-refractivity contribution in [1.82, 2.24) is 15.5 Å². The molecule has 25 heavy (non-hydrogen) atoms. The minimum absolute atomic E-state index is 0.109. The Morgan fingerprint density at radius 3 is 2.56 bits per heavy atom. The van der Waals surface area contributed by atoms with Crippen molar-refractivity contribution in [2.24, 2.45) is 0 Å². The number of ether oxygens (including phenoxy) is 1. The Morgan fingerprint density at radius 1 is 1.24 bits per heavy atom. The van der Waals surface area contributed by atoms with Crippen LogP contribution in [-0.4, -0.2) is 49.3 Å². The molecule has 3 amide bonds. The van der Waals surface area contributed by atoms with Crippen LogP contribution in [-0.2, 0) is 4.74 Å². The zero-order valence-corrected chi connectivity index (χ0v) is 15.2. The van der Waals surface area contributed by atoms with E-state index in [-0.39, 0.29) is 18.2 Å². The first-order valence-corrected chi connectivity index (χ1v) is 9.11. The van der Waals surface area contributed by atoms with Gasteiger partial charge in [-0.2, -0.15) is 0 Å². The Hall–Kier alpha value is -2.24. The molecule has 6 nitrogen and oxygen atoms in total. The van der Waals surface area contributed by atoms with Crippen molar-refractivity contribution in [3.8, 4) is 0 Å². The zero-order chi connectivity index (χ0) is 18.1. The quantitative estimate of drug-likeness (QED) is 0.831. The topological polar surface area (TPSA) is 70.7 Å². The lowest BCUT2D eigenvalue weighted by Gasteiger charge is -2.31. The van der Waals surface area contributed by atoms with E-state index in [0.717, 1.165) is 19.3 Å². The Bertz CT molecular complexity index is 542. The molecule has 6 heteroatoms. The molecule has 0 aliphatic carbocycles. The summed E-state index contributed by atoms with van der Waals surface area (Å²) >= 11 is 0. The summed E-state index contributed by atoms with van der Waals surface area (Å²) in [7, 11) is 0. The predicted octanol–water partition coefficient (Wildman–Crippen LogP) is 3.10. The van der Waals surface area contributed by atoms with Gasteiger partial charge in [0.25, 0.3) is 0 Å². The van der Waals surface area contributed by atoms with Crippen LogP contribution in [0.5, 0.6) is 0 Å². The van der Waals surface area contributed by atoms with Crippen LogP contribution in [0, 0.1) is 0 Å². The number of nitrogens with one attached hydrogen (secondary N) is 2. The van der Waals surface area contributed by atoms with E-state index in [2.05, 4.69) is 29.7 Å². The number of nitrogens with zero attached hydrogens (tertiary/aromatic N) is 1. The summed E-state index contributed by atoms with van der Waals surface area (Å²) < 4.78 is 5.00. The number of carbonyl (C=O) groups excluding carboxylic acids is 2. The molecule has 1 unspecified atom stereocenters. The normalized spacial score (nSPS) is 16.2. The van der Waals surface area contributed by atoms with Crippen LogP contribution < -0.4 is 10.6 Å². The van der Waals surface area contributed by atoms with E-state index in [1.165, 1.54) is 5.56 Å². The van der Waals surface area contributed by atoms with Crippen LogP contribution in [0.4, 0.5) is 9.59 Å². The second-order valence-electron chi connectivity index (χ2n) is 6.46. The fraction of sp³-hybridized carbons (Fsp3) is 0.579. The van der Waals surface area contributed by atoms with Crippen LogP contribution in [0.2, 0.25) is 0 Å². The first kappa shape index (κ1) is 19.1. The molecule has 138 valence electrons. The van der Waals surface area contributed by atoms with E-state index >= 15 is 0 Å². The first-order valence-electron chi connectivity index (χ1n) is 9.11. The summed E-state index contributed by atoms with van der Waals surface area (Å²) in [4.78, 5) is 25.4. The molecule has 1 aliphatic heterocycles. The molecule has 2 rings (SSSR count). The molecule has 0 saturated carbocycles. The van der Waals surface area contributed by atoms with Crippen molar-refractivity contribution in [3.05, 3.63) is 35.9 Å². The van der Waals surface area contributed by atoms with Crippen LogP contribution in [0.3, 0.4) is 0 Å². The van der Waals surface area contributed by atoms with Crippen LogP contribution >= 0.6 is 0 Å². The summed E-state index contributed by atoms with van der Waals surface area (Å²) in [6.45, 7) is 6.24. The van der Waals surface area contributed by atoms with Crippen molar-refractivity contribution in [3.63, 3.8) is 0 Å². The van der Waals surface area contributed by atoms with Gasteiger partial charge in [-0.25, -0.2) is 9.59 Å². The largest absolute Gasteiger partial charge is 0.450 e.